The van der Waals surface area contributed by atoms with Gasteiger partial charge in [-0.05, 0) is 43.2 Å². The lowest BCUT2D eigenvalue weighted by molar-refractivity contribution is 0.277. The Bertz CT molecular complexity index is 405. The average Bonchev–Trinajstić information content (AvgIpc) is 2.43. The van der Waals surface area contributed by atoms with Crippen molar-refractivity contribution in [2.24, 2.45) is 11.7 Å². The summed E-state index contributed by atoms with van der Waals surface area (Å²) in [7, 11) is 0. The minimum absolute atomic E-state index is 0.225. The lowest BCUT2D eigenvalue weighted by Gasteiger charge is -2.33. The van der Waals surface area contributed by atoms with E-state index < -0.39 is 0 Å². The van der Waals surface area contributed by atoms with E-state index in [1.54, 1.807) is 0 Å². The normalized spacial score (nSPS) is 22.1. The number of benzene rings is 1. The Balaban J connectivity index is 1.75. The van der Waals surface area contributed by atoms with Gasteiger partial charge < -0.3 is 10.6 Å². The predicted octanol–water partition coefficient (Wildman–Crippen LogP) is 3.87. The van der Waals surface area contributed by atoms with Gasteiger partial charge in [0.05, 0.1) is 0 Å². The first kappa shape index (κ1) is 13.0. The van der Waals surface area contributed by atoms with E-state index >= 15 is 0 Å². The molecule has 2 nitrogen and oxygen atoms in total. The van der Waals surface area contributed by atoms with Crippen LogP contribution in [0, 0.1) is 5.92 Å². The maximum absolute atomic E-state index is 6.49. The van der Waals surface area contributed by atoms with Crippen molar-refractivity contribution in [1.82, 2.24) is 0 Å². The third kappa shape index (κ3) is 2.94. The molecule has 2 heteroatoms. The molecule has 104 valence electrons. The lowest BCUT2D eigenvalue weighted by atomic mass is 9.79. The highest BCUT2D eigenvalue weighted by Crippen LogP contribution is 2.36. The van der Waals surface area contributed by atoms with Crippen LogP contribution >= 0.6 is 0 Å². The van der Waals surface area contributed by atoms with Crippen LogP contribution in [0.1, 0.15) is 56.6 Å². The number of nitrogens with two attached hydrogens (primary N) is 1. The maximum Gasteiger partial charge on any atom is 0.0414 e. The fourth-order valence-electron chi connectivity index (χ4n) is 3.44. The second-order valence-corrected chi connectivity index (χ2v) is 6.25. The number of rotatable bonds is 4. The van der Waals surface area contributed by atoms with E-state index in [2.05, 4.69) is 29.2 Å². The standard InChI is InChI=1S/C17H26N2/c18-16(13-14-7-6-8-14)15-9-2-3-10-17(15)19-11-4-1-5-12-19/h2-3,9-10,14,16H,1,4-8,11-13,18H2/t16-/m0/s1. The van der Waals surface area contributed by atoms with Crippen molar-refractivity contribution in [2.75, 3.05) is 18.0 Å². The zero-order chi connectivity index (χ0) is 13.1. The van der Waals surface area contributed by atoms with Crippen molar-refractivity contribution in [3.63, 3.8) is 0 Å². The van der Waals surface area contributed by atoms with Crippen LogP contribution in [0.4, 0.5) is 5.69 Å². The molecule has 1 saturated carbocycles. The number of nitrogens with zero attached hydrogens (tertiary/aromatic N) is 1. The highest BCUT2D eigenvalue weighted by Gasteiger charge is 2.23. The summed E-state index contributed by atoms with van der Waals surface area (Å²) >= 11 is 0. The van der Waals surface area contributed by atoms with Crippen molar-refractivity contribution in [3.8, 4) is 0 Å². The van der Waals surface area contributed by atoms with Crippen molar-refractivity contribution in [3.05, 3.63) is 29.8 Å². The first-order valence-electron chi connectivity index (χ1n) is 7.94. The van der Waals surface area contributed by atoms with Gasteiger partial charge in [0.15, 0.2) is 0 Å². The molecule has 0 unspecified atom stereocenters. The Morgan fingerprint density at radius 3 is 2.47 bits per heavy atom. The van der Waals surface area contributed by atoms with Crippen LogP contribution in [0.2, 0.25) is 0 Å². The minimum atomic E-state index is 0.225. The summed E-state index contributed by atoms with van der Waals surface area (Å²) < 4.78 is 0. The fraction of sp³-hybridized carbons (Fsp3) is 0.647. The zero-order valence-electron chi connectivity index (χ0n) is 11.9. The lowest BCUT2D eigenvalue weighted by Crippen LogP contribution is -2.31. The molecule has 1 aliphatic heterocycles. The molecule has 0 aromatic heterocycles. The maximum atomic E-state index is 6.49. The summed E-state index contributed by atoms with van der Waals surface area (Å²) in [6.45, 7) is 2.40. The molecule has 2 fully saturated rings. The van der Waals surface area contributed by atoms with Crippen LogP contribution in [0.15, 0.2) is 24.3 Å². The largest absolute Gasteiger partial charge is 0.371 e. The summed E-state index contributed by atoms with van der Waals surface area (Å²) in [6.07, 6.45) is 9.39. The molecule has 1 atom stereocenters. The van der Waals surface area contributed by atoms with E-state index in [1.807, 2.05) is 0 Å². The van der Waals surface area contributed by atoms with E-state index in [-0.39, 0.29) is 6.04 Å². The topological polar surface area (TPSA) is 29.3 Å². The van der Waals surface area contributed by atoms with Gasteiger partial charge in [-0.2, -0.15) is 0 Å². The summed E-state index contributed by atoms with van der Waals surface area (Å²) in [5, 5.41) is 0. The molecule has 3 rings (SSSR count). The molecule has 0 spiro atoms. The van der Waals surface area contributed by atoms with Crippen molar-refractivity contribution < 1.29 is 0 Å². The highest BCUT2D eigenvalue weighted by atomic mass is 15.1. The second-order valence-electron chi connectivity index (χ2n) is 6.25. The number of hydrogen-bond acceptors (Lipinski definition) is 2. The van der Waals surface area contributed by atoms with E-state index in [9.17, 15) is 0 Å². The van der Waals surface area contributed by atoms with Crippen LogP contribution in [-0.2, 0) is 0 Å². The van der Waals surface area contributed by atoms with Crippen LogP contribution < -0.4 is 10.6 Å². The van der Waals surface area contributed by atoms with Gasteiger partial charge in [0.2, 0.25) is 0 Å². The molecule has 0 amide bonds. The van der Waals surface area contributed by atoms with Gasteiger partial charge >= 0.3 is 0 Å². The Kier molecular flexibility index (Phi) is 4.07. The van der Waals surface area contributed by atoms with Crippen molar-refractivity contribution in [2.45, 2.75) is 51.0 Å². The van der Waals surface area contributed by atoms with Crippen LogP contribution in [-0.4, -0.2) is 13.1 Å². The third-order valence-electron chi connectivity index (χ3n) is 4.84. The van der Waals surface area contributed by atoms with Gasteiger partial charge in [0.1, 0.15) is 0 Å². The van der Waals surface area contributed by atoms with E-state index in [0.29, 0.717) is 0 Å². The SMILES string of the molecule is N[C@@H](CC1CCC1)c1ccccc1N1CCCCC1. The fourth-order valence-corrected chi connectivity index (χ4v) is 3.44. The summed E-state index contributed by atoms with van der Waals surface area (Å²) in [6, 6.07) is 9.03. The first-order valence-corrected chi connectivity index (χ1v) is 7.94. The number of para-hydroxylation sites is 1. The molecular formula is C17H26N2. The minimum Gasteiger partial charge on any atom is -0.371 e. The Morgan fingerprint density at radius 1 is 1.05 bits per heavy atom. The Labute approximate surface area is 117 Å². The molecular weight excluding hydrogens is 232 g/mol. The zero-order valence-corrected chi connectivity index (χ0v) is 11.9. The van der Waals surface area contributed by atoms with E-state index in [0.717, 1.165) is 5.92 Å². The Hall–Kier alpha value is -1.02. The van der Waals surface area contributed by atoms with Gasteiger partial charge in [0.25, 0.3) is 0 Å². The highest BCUT2D eigenvalue weighted by molar-refractivity contribution is 5.55. The van der Waals surface area contributed by atoms with E-state index in [4.69, 9.17) is 5.73 Å². The van der Waals surface area contributed by atoms with Crippen LogP contribution in [0.3, 0.4) is 0 Å². The monoisotopic (exact) mass is 258 g/mol. The quantitative estimate of drug-likeness (QED) is 0.888. The second kappa shape index (κ2) is 5.96. The van der Waals surface area contributed by atoms with Gasteiger partial charge in [-0.3, -0.25) is 0 Å². The molecule has 0 bridgehead atoms. The Morgan fingerprint density at radius 2 is 1.79 bits per heavy atom. The van der Waals surface area contributed by atoms with Crippen LogP contribution in [0.25, 0.3) is 0 Å². The summed E-state index contributed by atoms with van der Waals surface area (Å²) in [5.74, 6) is 0.879. The molecule has 2 aliphatic rings. The van der Waals surface area contributed by atoms with Crippen molar-refractivity contribution >= 4 is 5.69 Å². The molecule has 2 N–H and O–H groups in total. The average molecular weight is 258 g/mol. The van der Waals surface area contributed by atoms with Crippen LogP contribution in [0.5, 0.6) is 0 Å². The summed E-state index contributed by atoms with van der Waals surface area (Å²) in [4.78, 5) is 2.54. The van der Waals surface area contributed by atoms with Gasteiger partial charge in [-0.1, -0.05) is 37.5 Å². The molecule has 19 heavy (non-hydrogen) atoms. The molecule has 1 aromatic rings. The molecule has 1 saturated heterocycles. The predicted molar refractivity (Wildman–Crippen MR) is 81.4 cm³/mol. The summed E-state index contributed by atoms with van der Waals surface area (Å²) in [5.41, 5.74) is 9.26. The molecule has 1 aromatic carbocycles. The van der Waals surface area contributed by atoms with Gasteiger partial charge in [-0.25, -0.2) is 0 Å². The number of piperidine rings is 1. The molecule has 1 heterocycles. The number of hydrogen-bond donors (Lipinski definition) is 1. The van der Waals surface area contributed by atoms with Gasteiger partial charge in [0, 0.05) is 24.8 Å². The van der Waals surface area contributed by atoms with E-state index in [1.165, 1.54) is 69.3 Å². The molecule has 0 radical (unpaired) electrons. The molecule has 1 aliphatic carbocycles. The van der Waals surface area contributed by atoms with Gasteiger partial charge in [-0.15, -0.1) is 0 Å². The smallest absolute Gasteiger partial charge is 0.0414 e. The third-order valence-corrected chi connectivity index (χ3v) is 4.84. The van der Waals surface area contributed by atoms with Crippen molar-refractivity contribution in [1.29, 1.82) is 0 Å². The number of anilines is 1. The first-order chi connectivity index (χ1) is 9.34.